The third-order valence-electron chi connectivity index (χ3n) is 9.61. The van der Waals surface area contributed by atoms with E-state index in [2.05, 4.69) is 31.3 Å². The first-order chi connectivity index (χ1) is 29.5. The van der Waals surface area contributed by atoms with Crippen LogP contribution in [-0.4, -0.2) is 101 Å². The van der Waals surface area contributed by atoms with Crippen molar-refractivity contribution in [3.63, 3.8) is 0 Å². The van der Waals surface area contributed by atoms with E-state index >= 15 is 0 Å². The first-order valence-electron chi connectivity index (χ1n) is 19.3. The molecule has 3 aromatic carbocycles. The standard InChI is InChI=1S/C41H46F4N6O11/c1-21(61-19-22-8-3-2-4-9-22)36(51-39(58)27(12-7-13-32(53)54)48-40(59)30-16-23-10-5-6-11-26(23)47-30)41(60)49-28(14-15-46)38(57)50-29(18-33(55)56)31(52)20-62-37-34(44)24(42)17-25(43)35(37)45/h2-6,8-11,17,21,27-30,36,47H,7,12-16,18-20,46H2,1H3,(H,48,59)(H,49,60)(H,50,57)(H,51,58)(H,53,54)(H,55,56)/t21?,27-,28-,29-,30-,36-/m0/s1. The van der Waals surface area contributed by atoms with Crippen LogP contribution in [0.1, 0.15) is 50.2 Å². The number of anilines is 1. The van der Waals surface area contributed by atoms with Gasteiger partial charge >= 0.3 is 11.9 Å². The predicted molar refractivity (Wildman–Crippen MR) is 210 cm³/mol. The zero-order valence-corrected chi connectivity index (χ0v) is 33.3. The lowest BCUT2D eigenvalue weighted by Crippen LogP contribution is -2.61. The number of nitrogens with two attached hydrogens (primary N) is 1. The Labute approximate surface area is 352 Å². The molecule has 1 aliphatic heterocycles. The van der Waals surface area contributed by atoms with Gasteiger partial charge in [0.05, 0.1) is 19.1 Å². The molecule has 334 valence electrons. The molecule has 9 N–H and O–H groups in total. The van der Waals surface area contributed by atoms with Crippen molar-refractivity contribution in [2.45, 2.75) is 88.4 Å². The smallest absolute Gasteiger partial charge is 0.305 e. The number of halogens is 4. The number of carboxylic acid groups (broad SMARTS) is 2. The van der Waals surface area contributed by atoms with Crippen LogP contribution in [0.25, 0.3) is 0 Å². The van der Waals surface area contributed by atoms with Crippen LogP contribution in [0.4, 0.5) is 23.2 Å². The third-order valence-corrected chi connectivity index (χ3v) is 9.61. The molecule has 0 aromatic heterocycles. The van der Waals surface area contributed by atoms with Gasteiger partial charge in [-0.25, -0.2) is 8.78 Å². The minimum Gasteiger partial charge on any atom is -0.481 e. The Bertz CT molecular complexity index is 2060. The summed E-state index contributed by atoms with van der Waals surface area (Å²) in [5.74, 6) is -17.1. The lowest BCUT2D eigenvalue weighted by Gasteiger charge is -2.29. The number of fused-ring (bicyclic) bond motifs is 1. The zero-order valence-electron chi connectivity index (χ0n) is 33.3. The van der Waals surface area contributed by atoms with E-state index in [1.165, 1.54) is 6.92 Å². The summed E-state index contributed by atoms with van der Waals surface area (Å²) in [6.07, 6.45) is -2.86. The van der Waals surface area contributed by atoms with E-state index in [1.54, 1.807) is 48.5 Å². The number of carboxylic acids is 2. The molecule has 1 heterocycles. The van der Waals surface area contributed by atoms with Gasteiger partial charge in [0, 0.05) is 24.6 Å². The van der Waals surface area contributed by atoms with Crippen molar-refractivity contribution in [1.82, 2.24) is 21.3 Å². The van der Waals surface area contributed by atoms with Gasteiger partial charge in [-0.3, -0.25) is 33.6 Å². The predicted octanol–water partition coefficient (Wildman–Crippen LogP) is 1.85. The highest BCUT2D eigenvalue weighted by Gasteiger charge is 2.36. The molecule has 4 amide bonds. The van der Waals surface area contributed by atoms with E-state index < -0.39 is 120 Å². The molecular formula is C41H46F4N6O11. The summed E-state index contributed by atoms with van der Waals surface area (Å²) >= 11 is 0. The number of hydrogen-bond acceptors (Lipinski definition) is 11. The molecule has 0 spiro atoms. The van der Waals surface area contributed by atoms with Crippen LogP contribution in [-0.2, 0) is 51.3 Å². The number of nitrogens with one attached hydrogen (secondary N) is 5. The van der Waals surface area contributed by atoms with Crippen LogP contribution in [0.2, 0.25) is 0 Å². The van der Waals surface area contributed by atoms with Gasteiger partial charge in [-0.15, -0.1) is 0 Å². The van der Waals surface area contributed by atoms with Crippen molar-refractivity contribution in [1.29, 1.82) is 0 Å². The second-order valence-electron chi connectivity index (χ2n) is 14.2. The minimum absolute atomic E-state index is 0.0496. The number of ketones is 1. The zero-order chi connectivity index (χ0) is 45.5. The number of aliphatic carboxylic acids is 2. The third kappa shape index (κ3) is 13.7. The summed E-state index contributed by atoms with van der Waals surface area (Å²) in [6.45, 7) is -0.253. The van der Waals surface area contributed by atoms with Crippen molar-refractivity contribution >= 4 is 47.0 Å². The van der Waals surface area contributed by atoms with Crippen LogP contribution in [0.3, 0.4) is 0 Å². The molecule has 4 rings (SSSR count). The van der Waals surface area contributed by atoms with Crippen LogP contribution in [0, 0.1) is 23.3 Å². The Morgan fingerprint density at radius 2 is 1.40 bits per heavy atom. The van der Waals surface area contributed by atoms with Crippen LogP contribution < -0.4 is 37.1 Å². The van der Waals surface area contributed by atoms with Crippen molar-refractivity contribution < 1.29 is 70.8 Å². The lowest BCUT2D eigenvalue weighted by molar-refractivity contribution is -0.141. The van der Waals surface area contributed by atoms with E-state index in [9.17, 15) is 61.3 Å². The molecule has 1 unspecified atom stereocenters. The highest BCUT2D eigenvalue weighted by Crippen LogP contribution is 2.27. The number of amides is 4. The number of Topliss-reactive ketones (excluding diaryl/α,β-unsaturated/α-hetero) is 1. The lowest BCUT2D eigenvalue weighted by atomic mass is 10.0. The normalized spacial score (nSPS) is 15.4. The van der Waals surface area contributed by atoms with E-state index in [0.29, 0.717) is 12.0 Å². The number of benzene rings is 3. The first-order valence-corrected chi connectivity index (χ1v) is 19.3. The molecule has 0 aliphatic carbocycles. The molecule has 0 saturated heterocycles. The van der Waals surface area contributed by atoms with E-state index in [1.807, 2.05) is 6.07 Å². The Kier molecular flexibility index (Phi) is 17.7. The highest BCUT2D eigenvalue weighted by molar-refractivity contribution is 5.97. The quantitative estimate of drug-likeness (QED) is 0.0473. The van der Waals surface area contributed by atoms with Gasteiger partial charge in [0.2, 0.25) is 35.3 Å². The van der Waals surface area contributed by atoms with Gasteiger partial charge in [0.1, 0.15) is 36.8 Å². The summed E-state index contributed by atoms with van der Waals surface area (Å²) in [5.41, 5.74) is 7.97. The Balaban J connectivity index is 1.54. The molecule has 0 fully saturated rings. The van der Waals surface area contributed by atoms with Gasteiger partial charge in [0.25, 0.3) is 0 Å². The average Bonchev–Trinajstić information content (AvgIpc) is 3.68. The first kappa shape index (κ1) is 48.1. The molecule has 0 bridgehead atoms. The van der Waals surface area contributed by atoms with Crippen molar-refractivity contribution in [3.05, 3.63) is 95.1 Å². The molecule has 0 saturated carbocycles. The topological polar surface area (TPSA) is 265 Å². The molecule has 17 nitrogen and oxygen atoms in total. The second-order valence-corrected chi connectivity index (χ2v) is 14.2. The Morgan fingerprint density at radius 1 is 0.790 bits per heavy atom. The van der Waals surface area contributed by atoms with Crippen LogP contribution in [0.15, 0.2) is 60.7 Å². The maximum absolute atomic E-state index is 14.1. The van der Waals surface area contributed by atoms with Crippen molar-refractivity contribution in [2.75, 3.05) is 18.5 Å². The summed E-state index contributed by atoms with van der Waals surface area (Å²) in [6, 6.07) is 8.43. The van der Waals surface area contributed by atoms with E-state index in [0.717, 1.165) is 11.3 Å². The largest absolute Gasteiger partial charge is 0.481 e. The summed E-state index contributed by atoms with van der Waals surface area (Å²) in [7, 11) is 0. The molecule has 6 atom stereocenters. The van der Waals surface area contributed by atoms with Crippen molar-refractivity contribution in [3.8, 4) is 5.75 Å². The van der Waals surface area contributed by atoms with Gasteiger partial charge in [-0.1, -0.05) is 48.5 Å². The molecule has 1 aliphatic rings. The molecule has 62 heavy (non-hydrogen) atoms. The minimum atomic E-state index is -1.98. The number of rotatable bonds is 24. The Hall–Kier alpha value is -6.61. The summed E-state index contributed by atoms with van der Waals surface area (Å²) in [5, 5.41) is 31.5. The van der Waals surface area contributed by atoms with E-state index in [-0.39, 0.29) is 44.9 Å². The number of carbonyl (C=O) groups is 7. The maximum Gasteiger partial charge on any atom is 0.305 e. The molecule has 0 radical (unpaired) electrons. The molecular weight excluding hydrogens is 828 g/mol. The number of hydrogen-bond donors (Lipinski definition) is 8. The van der Waals surface area contributed by atoms with Gasteiger partial charge in [-0.05, 0) is 49.9 Å². The molecule has 21 heteroatoms. The summed E-state index contributed by atoms with van der Waals surface area (Å²) in [4.78, 5) is 91.0. The fraction of sp³-hybridized carbons (Fsp3) is 0.390. The monoisotopic (exact) mass is 874 g/mol. The fourth-order valence-corrected chi connectivity index (χ4v) is 6.31. The van der Waals surface area contributed by atoms with Gasteiger partial charge < -0.3 is 52.0 Å². The van der Waals surface area contributed by atoms with E-state index in [4.69, 9.17) is 10.5 Å². The van der Waals surface area contributed by atoms with Crippen LogP contribution >= 0.6 is 0 Å². The number of carbonyl (C=O) groups excluding carboxylic acids is 5. The number of para-hydroxylation sites is 1. The maximum atomic E-state index is 14.1. The SMILES string of the molecule is CC(OCc1ccccc1)[C@H](NC(=O)[C@H](CCCC(=O)O)NC(=O)[C@@H]1Cc2ccccc2N1)C(=O)N[C@@H](CCN)C(=O)N[C@@H](CC(=O)O)C(=O)COc1c(F)c(F)cc(F)c1F. The number of ether oxygens (including phenoxy) is 2. The second kappa shape index (κ2) is 22.8. The van der Waals surface area contributed by atoms with Crippen molar-refractivity contribution in [2.24, 2.45) is 5.73 Å². The van der Waals surface area contributed by atoms with Gasteiger partial charge in [-0.2, -0.15) is 8.78 Å². The average molecular weight is 875 g/mol. The Morgan fingerprint density at radius 3 is 2.03 bits per heavy atom. The van der Waals surface area contributed by atoms with Crippen LogP contribution in [0.5, 0.6) is 5.75 Å². The molecule has 3 aromatic rings. The van der Waals surface area contributed by atoms with Gasteiger partial charge in [0.15, 0.2) is 23.2 Å². The summed E-state index contributed by atoms with van der Waals surface area (Å²) < 4.78 is 66.2. The highest BCUT2D eigenvalue weighted by atomic mass is 19.2. The fourth-order valence-electron chi connectivity index (χ4n) is 6.31.